The van der Waals surface area contributed by atoms with Gasteiger partial charge in [-0.1, -0.05) is 6.07 Å². The van der Waals surface area contributed by atoms with E-state index in [1.54, 1.807) is 33.8 Å². The lowest BCUT2D eigenvalue weighted by molar-refractivity contribution is -0.125. The number of nitrogens with two attached hydrogens (primary N) is 2. The summed E-state index contributed by atoms with van der Waals surface area (Å²) in [7, 11) is -3.77. The Hall–Kier alpha value is -1.60. The van der Waals surface area contributed by atoms with Crippen molar-refractivity contribution >= 4 is 21.6 Å². The Bertz CT molecular complexity index is 679. The summed E-state index contributed by atoms with van der Waals surface area (Å²) in [6.45, 7) is 8.31. The highest BCUT2D eigenvalue weighted by Crippen LogP contribution is 2.28. The molecule has 0 aliphatic carbocycles. The third kappa shape index (κ3) is 3.54. The molecule has 1 aromatic carbocycles. The van der Waals surface area contributed by atoms with Crippen LogP contribution in [-0.2, 0) is 14.8 Å². The maximum Gasteiger partial charge on any atom is 0.241 e. The maximum absolute atomic E-state index is 12.5. The third-order valence-corrected chi connectivity index (χ3v) is 5.29. The molecule has 0 aromatic heterocycles. The van der Waals surface area contributed by atoms with E-state index in [2.05, 4.69) is 4.72 Å². The normalized spacial score (nSPS) is 12.4. The quantitative estimate of drug-likeness (QED) is 0.703. The molecular formula is C14H23N3O3S. The van der Waals surface area contributed by atoms with E-state index in [0.29, 0.717) is 16.8 Å². The SMILES string of the molecule is Cc1cc(C)c(S(=O)(=O)NCC(C)(C)C(N)=O)c(C)c1N. The Balaban J connectivity index is 3.22. The number of sulfonamides is 1. The lowest BCUT2D eigenvalue weighted by Crippen LogP contribution is -2.42. The Morgan fingerprint density at radius 3 is 2.24 bits per heavy atom. The first kappa shape index (κ1) is 17.5. The van der Waals surface area contributed by atoms with Crippen molar-refractivity contribution in [1.29, 1.82) is 0 Å². The van der Waals surface area contributed by atoms with Gasteiger partial charge >= 0.3 is 0 Å². The predicted molar refractivity (Wildman–Crippen MR) is 83.2 cm³/mol. The van der Waals surface area contributed by atoms with Gasteiger partial charge in [0.05, 0.1) is 10.3 Å². The van der Waals surface area contributed by atoms with Crippen LogP contribution in [-0.4, -0.2) is 20.9 Å². The largest absolute Gasteiger partial charge is 0.398 e. The van der Waals surface area contributed by atoms with Gasteiger partial charge in [-0.2, -0.15) is 0 Å². The van der Waals surface area contributed by atoms with Crippen LogP contribution in [0.5, 0.6) is 0 Å². The second kappa shape index (κ2) is 5.65. The van der Waals surface area contributed by atoms with Crippen LogP contribution in [0.1, 0.15) is 30.5 Å². The molecule has 0 spiro atoms. The smallest absolute Gasteiger partial charge is 0.241 e. The number of carbonyl (C=O) groups is 1. The van der Waals surface area contributed by atoms with E-state index in [1.807, 2.05) is 6.92 Å². The van der Waals surface area contributed by atoms with Crippen molar-refractivity contribution in [3.8, 4) is 0 Å². The number of primary amides is 1. The summed E-state index contributed by atoms with van der Waals surface area (Å²) >= 11 is 0. The molecule has 0 saturated heterocycles. The monoisotopic (exact) mass is 313 g/mol. The molecule has 0 heterocycles. The minimum absolute atomic E-state index is 0.0721. The number of nitrogens with one attached hydrogen (secondary N) is 1. The van der Waals surface area contributed by atoms with Crippen LogP contribution in [0.25, 0.3) is 0 Å². The van der Waals surface area contributed by atoms with Gasteiger partial charge in [-0.3, -0.25) is 4.79 Å². The topological polar surface area (TPSA) is 115 Å². The molecule has 0 aliphatic rings. The van der Waals surface area contributed by atoms with E-state index in [4.69, 9.17) is 11.5 Å². The van der Waals surface area contributed by atoms with Crippen LogP contribution >= 0.6 is 0 Å². The zero-order valence-corrected chi connectivity index (χ0v) is 13.9. The first-order chi connectivity index (χ1) is 9.40. The summed E-state index contributed by atoms with van der Waals surface area (Å²) in [6.07, 6.45) is 0. The van der Waals surface area contributed by atoms with Gasteiger partial charge in [0.15, 0.2) is 0 Å². The molecular weight excluding hydrogens is 290 g/mol. The molecule has 0 unspecified atom stereocenters. The highest BCUT2D eigenvalue weighted by Gasteiger charge is 2.29. The van der Waals surface area contributed by atoms with Crippen LogP contribution in [0.2, 0.25) is 0 Å². The van der Waals surface area contributed by atoms with Crippen molar-refractivity contribution in [3.05, 3.63) is 22.8 Å². The van der Waals surface area contributed by atoms with Crippen molar-refractivity contribution in [2.75, 3.05) is 12.3 Å². The van der Waals surface area contributed by atoms with Gasteiger partial charge in [-0.15, -0.1) is 0 Å². The Labute approximate surface area is 126 Å². The van der Waals surface area contributed by atoms with E-state index in [0.717, 1.165) is 5.56 Å². The molecule has 0 saturated carbocycles. The fourth-order valence-corrected chi connectivity index (χ4v) is 3.72. The van der Waals surface area contributed by atoms with E-state index in [9.17, 15) is 13.2 Å². The minimum atomic E-state index is -3.77. The number of carbonyl (C=O) groups excluding carboxylic acids is 1. The third-order valence-electron chi connectivity index (χ3n) is 3.60. The highest BCUT2D eigenvalue weighted by molar-refractivity contribution is 7.89. The average Bonchev–Trinajstić information content (AvgIpc) is 2.33. The summed E-state index contributed by atoms with van der Waals surface area (Å²) in [6, 6.07) is 1.73. The van der Waals surface area contributed by atoms with Crippen molar-refractivity contribution in [3.63, 3.8) is 0 Å². The number of rotatable bonds is 5. The molecule has 0 bridgehead atoms. The lowest BCUT2D eigenvalue weighted by Gasteiger charge is -2.22. The number of hydrogen-bond donors (Lipinski definition) is 3. The molecule has 6 nitrogen and oxygen atoms in total. The summed E-state index contributed by atoms with van der Waals surface area (Å²) in [5.41, 5.74) is 12.6. The second-order valence-electron chi connectivity index (χ2n) is 5.95. The first-order valence-corrected chi connectivity index (χ1v) is 8.04. The van der Waals surface area contributed by atoms with E-state index >= 15 is 0 Å². The molecule has 0 atom stereocenters. The van der Waals surface area contributed by atoms with Gasteiger partial charge < -0.3 is 11.5 Å². The minimum Gasteiger partial charge on any atom is -0.398 e. The number of aryl methyl sites for hydroxylation is 2. The molecule has 1 rings (SSSR count). The van der Waals surface area contributed by atoms with Gasteiger partial charge in [-0.25, -0.2) is 13.1 Å². The number of hydrogen-bond acceptors (Lipinski definition) is 4. The Morgan fingerprint density at radius 2 is 1.76 bits per heavy atom. The predicted octanol–water partition coefficient (Wildman–Crippen LogP) is 0.984. The van der Waals surface area contributed by atoms with Crippen LogP contribution in [0.4, 0.5) is 5.69 Å². The molecule has 1 amide bonds. The number of anilines is 1. The Morgan fingerprint density at radius 1 is 1.24 bits per heavy atom. The molecule has 21 heavy (non-hydrogen) atoms. The van der Waals surface area contributed by atoms with Gasteiger partial charge in [0, 0.05) is 12.2 Å². The van der Waals surface area contributed by atoms with Gasteiger partial charge in [0.2, 0.25) is 15.9 Å². The van der Waals surface area contributed by atoms with E-state index in [1.165, 1.54) is 0 Å². The standard InChI is InChI=1S/C14H23N3O3S/c1-8-6-9(2)12(10(3)11(8)15)21(19,20)17-7-14(4,5)13(16)18/h6,17H,7,15H2,1-5H3,(H2,16,18). The number of nitrogen functional groups attached to an aromatic ring is 1. The molecule has 0 fully saturated rings. The fraction of sp³-hybridized carbons (Fsp3) is 0.500. The van der Waals surface area contributed by atoms with E-state index < -0.39 is 21.3 Å². The number of benzene rings is 1. The van der Waals surface area contributed by atoms with Gasteiger partial charge in [-0.05, 0) is 51.3 Å². The van der Waals surface area contributed by atoms with Crippen molar-refractivity contribution < 1.29 is 13.2 Å². The number of amides is 1. The second-order valence-corrected chi connectivity index (χ2v) is 7.65. The molecule has 5 N–H and O–H groups in total. The van der Waals surface area contributed by atoms with E-state index in [-0.39, 0.29) is 11.4 Å². The zero-order valence-electron chi connectivity index (χ0n) is 13.1. The van der Waals surface area contributed by atoms with Crippen LogP contribution in [0.3, 0.4) is 0 Å². The Kier molecular flexibility index (Phi) is 4.70. The molecule has 0 radical (unpaired) electrons. The van der Waals surface area contributed by atoms with Crippen LogP contribution in [0.15, 0.2) is 11.0 Å². The molecule has 1 aromatic rings. The van der Waals surface area contributed by atoms with Gasteiger partial charge in [0.1, 0.15) is 0 Å². The molecule has 7 heteroatoms. The molecule has 0 aliphatic heterocycles. The fourth-order valence-electron chi connectivity index (χ4n) is 2.03. The highest BCUT2D eigenvalue weighted by atomic mass is 32.2. The zero-order chi connectivity index (χ0) is 16.6. The average molecular weight is 313 g/mol. The van der Waals surface area contributed by atoms with Crippen molar-refractivity contribution in [2.24, 2.45) is 11.1 Å². The van der Waals surface area contributed by atoms with Gasteiger partial charge in [0.25, 0.3) is 0 Å². The van der Waals surface area contributed by atoms with Crippen molar-refractivity contribution in [1.82, 2.24) is 4.72 Å². The summed E-state index contributed by atoms with van der Waals surface area (Å²) in [4.78, 5) is 11.4. The van der Waals surface area contributed by atoms with Crippen LogP contribution in [0, 0.1) is 26.2 Å². The maximum atomic E-state index is 12.5. The van der Waals surface area contributed by atoms with Crippen LogP contribution < -0.4 is 16.2 Å². The summed E-state index contributed by atoms with van der Waals surface area (Å²) in [5, 5.41) is 0. The van der Waals surface area contributed by atoms with Crippen molar-refractivity contribution in [2.45, 2.75) is 39.5 Å². The summed E-state index contributed by atoms with van der Waals surface area (Å²) in [5.74, 6) is -0.568. The molecule has 118 valence electrons. The first-order valence-electron chi connectivity index (χ1n) is 6.56. The summed E-state index contributed by atoms with van der Waals surface area (Å²) < 4.78 is 27.4. The lowest BCUT2D eigenvalue weighted by atomic mass is 9.93.